The van der Waals surface area contributed by atoms with Crippen molar-refractivity contribution in [3.05, 3.63) is 70.2 Å². The largest absolute Gasteiger partial charge is 0.461 e. The maximum Gasteiger partial charge on any atom is 0.134 e. The van der Waals surface area contributed by atoms with Crippen molar-refractivity contribution in [1.82, 2.24) is 9.88 Å². The molecule has 0 N–H and O–H groups in total. The maximum absolute atomic E-state index is 6.01. The van der Waals surface area contributed by atoms with Crippen molar-refractivity contribution in [2.75, 3.05) is 19.6 Å². The Labute approximate surface area is 159 Å². The molecule has 3 heterocycles. The number of aromatic nitrogens is 1. The Balaban J connectivity index is 1.39. The molecule has 3 aromatic rings. The van der Waals surface area contributed by atoms with Gasteiger partial charge < -0.3 is 4.42 Å². The monoisotopic (exact) mass is 366 g/mol. The first-order chi connectivity index (χ1) is 12.6. The van der Waals surface area contributed by atoms with Crippen LogP contribution in [0.1, 0.15) is 29.0 Å². The molecular weight excluding hydrogens is 344 g/mol. The summed E-state index contributed by atoms with van der Waals surface area (Å²) in [6.07, 6.45) is 4.33. The van der Waals surface area contributed by atoms with E-state index in [9.17, 15) is 0 Å². The molecule has 1 aliphatic heterocycles. The molecule has 3 nitrogen and oxygen atoms in total. The molecule has 4 rings (SSSR count). The number of aryl methyl sites for hydroxylation is 2. The van der Waals surface area contributed by atoms with E-state index in [4.69, 9.17) is 16.0 Å². The zero-order valence-corrected chi connectivity index (χ0v) is 16.0. The SMILES string of the molecule is Cc1oc2cc(CCN3CC=C(c4cccc(Cl)n4)CC3)ccc2c1C. The lowest BCUT2D eigenvalue weighted by Crippen LogP contribution is -2.30. The summed E-state index contributed by atoms with van der Waals surface area (Å²) in [5.41, 5.74) is 5.88. The van der Waals surface area contributed by atoms with Crippen LogP contribution >= 0.6 is 11.6 Å². The third-order valence-corrected chi connectivity index (χ3v) is 5.51. The van der Waals surface area contributed by atoms with Crippen molar-refractivity contribution in [3.63, 3.8) is 0 Å². The predicted octanol–water partition coefficient (Wildman–Crippen LogP) is 5.43. The average molecular weight is 367 g/mol. The van der Waals surface area contributed by atoms with Gasteiger partial charge in [-0.25, -0.2) is 4.98 Å². The van der Waals surface area contributed by atoms with E-state index in [-0.39, 0.29) is 0 Å². The third kappa shape index (κ3) is 3.55. The highest BCUT2D eigenvalue weighted by molar-refractivity contribution is 6.29. The number of pyridine rings is 1. The second-order valence-electron chi connectivity index (χ2n) is 6.99. The van der Waals surface area contributed by atoms with Crippen LogP contribution < -0.4 is 0 Å². The van der Waals surface area contributed by atoms with Crippen molar-refractivity contribution in [1.29, 1.82) is 0 Å². The fourth-order valence-electron chi connectivity index (χ4n) is 3.57. The van der Waals surface area contributed by atoms with Crippen molar-refractivity contribution in [3.8, 4) is 0 Å². The summed E-state index contributed by atoms with van der Waals surface area (Å²) in [4.78, 5) is 6.90. The molecule has 26 heavy (non-hydrogen) atoms. The standard InChI is InChI=1S/C22H23ClN2O/c1-15-16(2)26-21-14-17(6-7-19(15)21)8-11-25-12-9-18(10-13-25)20-4-3-5-22(23)24-20/h3-7,9,14H,8,10-13H2,1-2H3. The molecular formula is C22H23ClN2O. The van der Waals surface area contributed by atoms with Crippen LogP contribution in [0.5, 0.6) is 0 Å². The minimum absolute atomic E-state index is 0.560. The highest BCUT2D eigenvalue weighted by Gasteiger charge is 2.14. The Morgan fingerprint density at radius 1 is 1.19 bits per heavy atom. The predicted molar refractivity (Wildman–Crippen MR) is 108 cm³/mol. The normalized spacial score (nSPS) is 15.4. The van der Waals surface area contributed by atoms with Gasteiger partial charge in [-0.1, -0.05) is 35.9 Å². The Bertz CT molecular complexity index is 973. The molecule has 2 aromatic heterocycles. The van der Waals surface area contributed by atoms with Crippen LogP contribution in [-0.4, -0.2) is 29.5 Å². The van der Waals surface area contributed by atoms with Gasteiger partial charge in [-0.2, -0.15) is 0 Å². The van der Waals surface area contributed by atoms with Gasteiger partial charge in [0.2, 0.25) is 0 Å². The zero-order chi connectivity index (χ0) is 18.1. The molecule has 0 spiro atoms. The average Bonchev–Trinajstić information content (AvgIpc) is 2.94. The van der Waals surface area contributed by atoms with E-state index < -0.39 is 0 Å². The van der Waals surface area contributed by atoms with Gasteiger partial charge in [0, 0.05) is 25.0 Å². The van der Waals surface area contributed by atoms with Crippen LogP contribution in [-0.2, 0) is 6.42 Å². The van der Waals surface area contributed by atoms with Gasteiger partial charge in [-0.3, -0.25) is 4.90 Å². The molecule has 0 radical (unpaired) electrons. The Kier molecular flexibility index (Phi) is 4.84. The zero-order valence-electron chi connectivity index (χ0n) is 15.3. The van der Waals surface area contributed by atoms with Crippen LogP contribution in [0.2, 0.25) is 5.15 Å². The van der Waals surface area contributed by atoms with Crippen molar-refractivity contribution < 1.29 is 4.42 Å². The van der Waals surface area contributed by atoms with E-state index in [0.29, 0.717) is 5.15 Å². The molecule has 1 aromatic carbocycles. The van der Waals surface area contributed by atoms with E-state index in [2.05, 4.69) is 41.1 Å². The summed E-state index contributed by atoms with van der Waals surface area (Å²) in [6, 6.07) is 12.4. The molecule has 0 bridgehead atoms. The molecule has 4 heteroatoms. The van der Waals surface area contributed by atoms with E-state index in [1.165, 1.54) is 22.1 Å². The molecule has 0 fully saturated rings. The van der Waals surface area contributed by atoms with E-state index in [1.807, 2.05) is 25.1 Å². The molecule has 0 amide bonds. The van der Waals surface area contributed by atoms with Gasteiger partial charge in [-0.15, -0.1) is 0 Å². The molecule has 134 valence electrons. The van der Waals surface area contributed by atoms with Crippen molar-refractivity contribution >= 4 is 28.1 Å². The number of fused-ring (bicyclic) bond motifs is 1. The van der Waals surface area contributed by atoms with Gasteiger partial charge in [0.05, 0.1) is 5.69 Å². The molecule has 0 unspecified atom stereocenters. The molecule has 1 aliphatic rings. The molecule has 0 atom stereocenters. The Morgan fingerprint density at radius 2 is 2.08 bits per heavy atom. The smallest absolute Gasteiger partial charge is 0.134 e. The first kappa shape index (κ1) is 17.3. The first-order valence-corrected chi connectivity index (χ1v) is 9.51. The number of furan rings is 1. The number of nitrogens with zero attached hydrogens (tertiary/aromatic N) is 2. The van der Waals surface area contributed by atoms with Gasteiger partial charge in [-0.05, 0) is 61.6 Å². The van der Waals surface area contributed by atoms with Gasteiger partial charge in [0.25, 0.3) is 0 Å². The fraction of sp³-hybridized carbons (Fsp3) is 0.318. The second kappa shape index (κ2) is 7.26. The molecule has 0 aliphatic carbocycles. The third-order valence-electron chi connectivity index (χ3n) is 5.30. The lowest BCUT2D eigenvalue weighted by molar-refractivity contribution is 0.305. The number of hydrogen-bond donors (Lipinski definition) is 0. The lowest BCUT2D eigenvalue weighted by Gasteiger charge is -2.26. The number of benzene rings is 1. The molecule has 0 saturated heterocycles. The van der Waals surface area contributed by atoms with Gasteiger partial charge in [0.15, 0.2) is 0 Å². The minimum Gasteiger partial charge on any atom is -0.461 e. The van der Waals surface area contributed by atoms with Crippen LogP contribution in [0.4, 0.5) is 0 Å². The van der Waals surface area contributed by atoms with Crippen molar-refractivity contribution in [2.24, 2.45) is 0 Å². The van der Waals surface area contributed by atoms with Crippen molar-refractivity contribution in [2.45, 2.75) is 26.7 Å². The van der Waals surface area contributed by atoms with Crippen LogP contribution in [0.25, 0.3) is 16.5 Å². The van der Waals surface area contributed by atoms with E-state index >= 15 is 0 Å². The van der Waals surface area contributed by atoms with Gasteiger partial charge >= 0.3 is 0 Å². The first-order valence-electron chi connectivity index (χ1n) is 9.13. The second-order valence-corrected chi connectivity index (χ2v) is 7.38. The minimum atomic E-state index is 0.560. The Morgan fingerprint density at radius 3 is 2.85 bits per heavy atom. The Hall–Kier alpha value is -2.10. The summed E-state index contributed by atoms with van der Waals surface area (Å²) in [5, 5.41) is 1.79. The quantitative estimate of drug-likeness (QED) is 0.576. The number of rotatable bonds is 4. The molecule has 0 saturated carbocycles. The summed E-state index contributed by atoms with van der Waals surface area (Å²) in [5.74, 6) is 1.01. The topological polar surface area (TPSA) is 29.3 Å². The summed E-state index contributed by atoms with van der Waals surface area (Å²) in [6.45, 7) is 7.22. The number of hydrogen-bond acceptors (Lipinski definition) is 3. The van der Waals surface area contributed by atoms with Gasteiger partial charge in [0.1, 0.15) is 16.5 Å². The highest BCUT2D eigenvalue weighted by atomic mass is 35.5. The van der Waals surface area contributed by atoms with Crippen LogP contribution in [0.15, 0.2) is 46.9 Å². The summed E-state index contributed by atoms with van der Waals surface area (Å²) >= 11 is 6.01. The van der Waals surface area contributed by atoms with E-state index in [0.717, 1.165) is 49.5 Å². The van der Waals surface area contributed by atoms with Crippen LogP contribution in [0, 0.1) is 13.8 Å². The highest BCUT2D eigenvalue weighted by Crippen LogP contribution is 2.26. The fourth-order valence-corrected chi connectivity index (χ4v) is 3.73. The van der Waals surface area contributed by atoms with E-state index in [1.54, 1.807) is 0 Å². The lowest BCUT2D eigenvalue weighted by atomic mass is 10.0. The maximum atomic E-state index is 6.01. The number of halogens is 1. The summed E-state index contributed by atoms with van der Waals surface area (Å²) < 4.78 is 5.86. The summed E-state index contributed by atoms with van der Waals surface area (Å²) in [7, 11) is 0. The van der Waals surface area contributed by atoms with Crippen LogP contribution in [0.3, 0.4) is 0 Å².